The zero-order valence-corrected chi connectivity index (χ0v) is 17.2. The number of hydrogen-bond donors (Lipinski definition) is 2. The van der Waals surface area contributed by atoms with Crippen molar-refractivity contribution in [3.8, 4) is 5.75 Å². The van der Waals surface area contributed by atoms with Crippen LogP contribution in [0, 0.1) is 12.8 Å². The Morgan fingerprint density at radius 2 is 1.85 bits per heavy atom. The highest BCUT2D eigenvalue weighted by Crippen LogP contribution is 2.31. The molecule has 0 bridgehead atoms. The van der Waals surface area contributed by atoms with Gasteiger partial charge >= 0.3 is 0 Å². The largest absolute Gasteiger partial charge is 0.490 e. The normalized spacial score (nSPS) is 13.4. The maximum absolute atomic E-state index is 12.6. The van der Waals surface area contributed by atoms with Gasteiger partial charge in [-0.15, -0.1) is 0 Å². The molecule has 0 heterocycles. The van der Waals surface area contributed by atoms with Gasteiger partial charge in [0.2, 0.25) is 5.91 Å². The van der Waals surface area contributed by atoms with E-state index in [2.05, 4.69) is 26.6 Å². The predicted octanol–water partition coefficient (Wildman–Crippen LogP) is 5.15. The van der Waals surface area contributed by atoms with Crippen LogP contribution in [-0.2, 0) is 4.79 Å². The molecule has 2 N–H and O–H groups in total. The lowest BCUT2D eigenvalue weighted by Gasteiger charge is -2.13. The van der Waals surface area contributed by atoms with E-state index in [0.717, 1.165) is 28.6 Å². The van der Waals surface area contributed by atoms with Gasteiger partial charge in [0, 0.05) is 22.9 Å². The highest BCUT2D eigenvalue weighted by atomic mass is 79.9. The fourth-order valence-electron chi connectivity index (χ4n) is 2.61. The highest BCUT2D eigenvalue weighted by Gasteiger charge is 2.29. The number of rotatable bonds is 6. The highest BCUT2D eigenvalue weighted by molar-refractivity contribution is 9.10. The molecule has 0 spiro atoms. The third kappa shape index (κ3) is 5.10. The maximum atomic E-state index is 12.6. The third-order valence-electron chi connectivity index (χ3n) is 4.26. The fourth-order valence-corrected chi connectivity index (χ4v) is 3.08. The Balaban J connectivity index is 1.71. The molecule has 0 atom stereocenters. The van der Waals surface area contributed by atoms with Crippen LogP contribution < -0.4 is 15.4 Å². The van der Waals surface area contributed by atoms with Crippen LogP contribution in [0.15, 0.2) is 40.9 Å². The molecule has 1 aliphatic rings. The number of nitrogens with one attached hydrogen (secondary N) is 2. The molecule has 6 heteroatoms. The number of hydrogen-bond acceptors (Lipinski definition) is 3. The van der Waals surface area contributed by atoms with E-state index in [9.17, 15) is 9.59 Å². The van der Waals surface area contributed by atoms with Crippen LogP contribution in [-0.4, -0.2) is 17.9 Å². The second-order valence-electron chi connectivity index (χ2n) is 7.06. The van der Waals surface area contributed by atoms with Crippen LogP contribution in [0.2, 0.25) is 0 Å². The molecular weight excluding hydrogens is 408 g/mol. The SMILES string of the molecule is Cc1ccc(NC(=O)c2ccc(OC(C)C)c(Br)c2)cc1NC(=O)C1CC1. The number of benzene rings is 2. The van der Waals surface area contributed by atoms with Crippen LogP contribution in [0.3, 0.4) is 0 Å². The van der Waals surface area contributed by atoms with Gasteiger partial charge in [0.1, 0.15) is 5.75 Å². The van der Waals surface area contributed by atoms with Crippen LogP contribution in [0.5, 0.6) is 5.75 Å². The first-order valence-electron chi connectivity index (χ1n) is 9.02. The average molecular weight is 431 g/mol. The van der Waals surface area contributed by atoms with Gasteiger partial charge in [-0.1, -0.05) is 6.07 Å². The molecule has 27 heavy (non-hydrogen) atoms. The molecule has 0 saturated heterocycles. The standard InChI is InChI=1S/C21H23BrN2O3/c1-12(2)27-19-9-7-15(10-17(19)22)21(26)23-16-8-4-13(3)18(11-16)24-20(25)14-5-6-14/h4,7-12,14H,5-6H2,1-3H3,(H,23,26)(H,24,25). The van der Waals surface area contributed by atoms with Crippen molar-refractivity contribution in [3.63, 3.8) is 0 Å². The third-order valence-corrected chi connectivity index (χ3v) is 4.88. The topological polar surface area (TPSA) is 67.4 Å². The van der Waals surface area contributed by atoms with Crippen LogP contribution in [0.25, 0.3) is 0 Å². The zero-order chi connectivity index (χ0) is 19.6. The number of amides is 2. The van der Waals surface area contributed by atoms with Crippen LogP contribution >= 0.6 is 15.9 Å². The summed E-state index contributed by atoms with van der Waals surface area (Å²) in [4.78, 5) is 24.6. The molecule has 0 aromatic heterocycles. The summed E-state index contributed by atoms with van der Waals surface area (Å²) in [7, 11) is 0. The van der Waals surface area contributed by atoms with Crippen LogP contribution in [0.1, 0.15) is 42.6 Å². The van der Waals surface area contributed by atoms with Gasteiger partial charge in [-0.3, -0.25) is 9.59 Å². The van der Waals surface area contributed by atoms with Crippen molar-refractivity contribution < 1.29 is 14.3 Å². The van der Waals surface area contributed by atoms with Gasteiger partial charge in [0.05, 0.1) is 10.6 Å². The Morgan fingerprint density at radius 3 is 2.48 bits per heavy atom. The van der Waals surface area contributed by atoms with Crippen LogP contribution in [0.4, 0.5) is 11.4 Å². The second kappa shape index (κ2) is 8.13. The molecule has 2 aromatic rings. The molecule has 1 fully saturated rings. The smallest absolute Gasteiger partial charge is 0.255 e. The molecule has 3 rings (SSSR count). The quantitative estimate of drug-likeness (QED) is 0.665. The maximum Gasteiger partial charge on any atom is 0.255 e. The Kier molecular flexibility index (Phi) is 5.85. The first kappa shape index (κ1) is 19.4. The summed E-state index contributed by atoms with van der Waals surface area (Å²) in [5.41, 5.74) is 2.84. The van der Waals surface area contributed by atoms with Gasteiger partial charge in [0.25, 0.3) is 5.91 Å². The first-order valence-corrected chi connectivity index (χ1v) is 9.82. The van der Waals surface area contributed by atoms with E-state index < -0.39 is 0 Å². The van der Waals surface area contributed by atoms with E-state index in [1.807, 2.05) is 32.9 Å². The molecule has 0 radical (unpaired) electrons. The number of halogens is 1. The van der Waals surface area contributed by atoms with E-state index in [1.165, 1.54) is 0 Å². The zero-order valence-electron chi connectivity index (χ0n) is 15.6. The molecule has 0 aliphatic heterocycles. The van der Waals surface area contributed by atoms with E-state index >= 15 is 0 Å². The minimum atomic E-state index is -0.227. The molecule has 2 aromatic carbocycles. The van der Waals surface area contributed by atoms with Gasteiger partial charge in [-0.2, -0.15) is 0 Å². The summed E-state index contributed by atoms with van der Waals surface area (Å²) in [5, 5.41) is 5.83. The number of aryl methyl sites for hydroxylation is 1. The van der Waals surface area contributed by atoms with E-state index in [4.69, 9.17) is 4.74 Å². The predicted molar refractivity (Wildman–Crippen MR) is 110 cm³/mol. The lowest BCUT2D eigenvalue weighted by molar-refractivity contribution is -0.117. The summed E-state index contributed by atoms with van der Waals surface area (Å²) >= 11 is 3.44. The van der Waals surface area contributed by atoms with Crippen molar-refractivity contribution in [2.75, 3.05) is 10.6 Å². The van der Waals surface area contributed by atoms with Crippen molar-refractivity contribution in [2.45, 2.75) is 39.7 Å². The molecule has 5 nitrogen and oxygen atoms in total. The summed E-state index contributed by atoms with van der Waals surface area (Å²) in [6, 6.07) is 10.7. The van der Waals surface area contributed by atoms with Gasteiger partial charge in [-0.25, -0.2) is 0 Å². The lowest BCUT2D eigenvalue weighted by atomic mass is 10.1. The van der Waals surface area contributed by atoms with Crippen molar-refractivity contribution >= 4 is 39.1 Å². The molecular formula is C21H23BrN2O3. The number of carbonyl (C=O) groups is 2. The summed E-state index contributed by atoms with van der Waals surface area (Å²) in [6.45, 7) is 5.83. The Labute approximate surface area is 167 Å². The molecule has 1 aliphatic carbocycles. The Hall–Kier alpha value is -2.34. The fraction of sp³-hybridized carbons (Fsp3) is 0.333. The molecule has 0 unspecified atom stereocenters. The summed E-state index contributed by atoms with van der Waals surface area (Å²) < 4.78 is 6.40. The lowest BCUT2D eigenvalue weighted by Crippen LogP contribution is -2.15. The van der Waals surface area contributed by atoms with E-state index in [-0.39, 0.29) is 23.8 Å². The molecule has 1 saturated carbocycles. The monoisotopic (exact) mass is 430 g/mol. The van der Waals surface area contributed by atoms with Gasteiger partial charge in [0.15, 0.2) is 0 Å². The van der Waals surface area contributed by atoms with Crippen molar-refractivity contribution in [1.82, 2.24) is 0 Å². The summed E-state index contributed by atoms with van der Waals surface area (Å²) in [6.07, 6.45) is 1.96. The molecule has 142 valence electrons. The average Bonchev–Trinajstić information content (AvgIpc) is 3.44. The minimum Gasteiger partial charge on any atom is -0.490 e. The Bertz CT molecular complexity index is 876. The van der Waals surface area contributed by atoms with E-state index in [0.29, 0.717) is 17.0 Å². The molecule has 2 amide bonds. The van der Waals surface area contributed by atoms with Gasteiger partial charge < -0.3 is 15.4 Å². The number of carbonyl (C=O) groups excluding carboxylic acids is 2. The minimum absolute atomic E-state index is 0.0475. The number of anilines is 2. The first-order chi connectivity index (χ1) is 12.8. The van der Waals surface area contributed by atoms with Crippen molar-refractivity contribution in [3.05, 3.63) is 52.0 Å². The summed E-state index contributed by atoms with van der Waals surface area (Å²) in [5.74, 6) is 0.648. The van der Waals surface area contributed by atoms with Crippen molar-refractivity contribution in [1.29, 1.82) is 0 Å². The number of ether oxygens (including phenoxy) is 1. The van der Waals surface area contributed by atoms with Gasteiger partial charge in [-0.05, 0) is 85.4 Å². The Morgan fingerprint density at radius 1 is 1.11 bits per heavy atom. The second-order valence-corrected chi connectivity index (χ2v) is 7.91. The van der Waals surface area contributed by atoms with E-state index in [1.54, 1.807) is 24.3 Å². The van der Waals surface area contributed by atoms with Crippen molar-refractivity contribution in [2.24, 2.45) is 5.92 Å².